The van der Waals surface area contributed by atoms with Crippen molar-refractivity contribution in [3.63, 3.8) is 0 Å². The predicted molar refractivity (Wildman–Crippen MR) is 35.5 cm³/mol. The van der Waals surface area contributed by atoms with Crippen LogP contribution in [0, 0.1) is 0 Å². The summed E-state index contributed by atoms with van der Waals surface area (Å²) in [6, 6.07) is 0.841. The zero-order valence-corrected chi connectivity index (χ0v) is 7.72. The molecule has 1 rings (SSSR count). The highest BCUT2D eigenvalue weighted by Crippen LogP contribution is 1.99. The molecule has 0 aromatic rings. The Labute approximate surface area is 61.0 Å². The second-order valence-electron chi connectivity index (χ2n) is 1.34. The molecule has 1 heterocycles. The van der Waals surface area contributed by atoms with Crippen LogP contribution in [0.3, 0.4) is 0 Å². The van der Waals surface area contributed by atoms with Gasteiger partial charge in [0, 0.05) is 6.04 Å². The Hall–Kier alpha value is 0.271. The zero-order chi connectivity index (χ0) is 6.53. The molecule has 0 aliphatic carbocycles. The molecule has 0 N–H and O–H groups in total. The van der Waals surface area contributed by atoms with E-state index in [4.69, 9.17) is 12.3 Å². The van der Waals surface area contributed by atoms with Crippen LogP contribution in [0.4, 0.5) is 0 Å². The molecule has 5 radical (unpaired) electrons. The number of allylic oxidation sites excluding steroid dienone is 1. The first kappa shape index (κ1) is 7.38. The standard InChI is InChI=1S/C3H5O3Si3/c1-2-3-9-5-7-4-8-6-9/h2H,1,3H2. The average molecular weight is 173 g/mol. The molecule has 6 heteroatoms. The third-order valence-electron chi connectivity index (χ3n) is 0.705. The van der Waals surface area contributed by atoms with Crippen molar-refractivity contribution in [2.45, 2.75) is 6.04 Å². The van der Waals surface area contributed by atoms with Crippen molar-refractivity contribution < 1.29 is 12.3 Å². The van der Waals surface area contributed by atoms with E-state index >= 15 is 0 Å². The molecular weight excluding hydrogens is 168 g/mol. The topological polar surface area (TPSA) is 27.7 Å². The maximum absolute atomic E-state index is 5.14. The van der Waals surface area contributed by atoms with Crippen LogP contribution in [0.5, 0.6) is 0 Å². The molecule has 47 valence electrons. The smallest absolute Gasteiger partial charge is 0.412 e. The lowest BCUT2D eigenvalue weighted by molar-refractivity contribution is 0.325. The fourth-order valence-corrected chi connectivity index (χ4v) is 3.78. The SMILES string of the molecule is C=CC[Si]1O[Si]O[Si]O1. The molecule has 3 nitrogen and oxygen atoms in total. The van der Waals surface area contributed by atoms with E-state index in [1.54, 1.807) is 0 Å². The predicted octanol–water partition coefficient (Wildman–Crippen LogP) is -0.208. The van der Waals surface area contributed by atoms with Crippen molar-refractivity contribution in [2.24, 2.45) is 0 Å². The van der Waals surface area contributed by atoms with E-state index < -0.39 is 9.28 Å². The molecular formula is C3H5O3Si3. The number of rotatable bonds is 2. The quantitative estimate of drug-likeness (QED) is 0.427. The number of hydrogen-bond donors (Lipinski definition) is 0. The summed E-state index contributed by atoms with van der Waals surface area (Å²) in [4.78, 5) is 0. The van der Waals surface area contributed by atoms with Crippen LogP contribution in [0.2, 0.25) is 6.04 Å². The third kappa shape index (κ3) is 2.56. The summed E-state index contributed by atoms with van der Waals surface area (Å²) in [6.45, 7) is 3.59. The van der Waals surface area contributed by atoms with Crippen LogP contribution in [0.1, 0.15) is 0 Å². The Kier molecular flexibility index (Phi) is 3.40. The van der Waals surface area contributed by atoms with Crippen LogP contribution in [0.25, 0.3) is 0 Å². The van der Waals surface area contributed by atoms with Crippen LogP contribution in [-0.4, -0.2) is 29.3 Å². The van der Waals surface area contributed by atoms with Gasteiger partial charge >= 0.3 is 29.3 Å². The lowest BCUT2D eigenvalue weighted by Crippen LogP contribution is -2.34. The summed E-state index contributed by atoms with van der Waals surface area (Å²) in [6.07, 6.45) is 1.81. The van der Waals surface area contributed by atoms with Crippen LogP contribution in [-0.2, 0) is 12.3 Å². The first-order valence-electron chi connectivity index (χ1n) is 2.39. The fraction of sp³-hybridized carbons (Fsp3) is 0.333. The van der Waals surface area contributed by atoms with Crippen molar-refractivity contribution >= 4 is 29.3 Å². The van der Waals surface area contributed by atoms with Gasteiger partial charge in [-0.3, -0.25) is 0 Å². The van der Waals surface area contributed by atoms with Crippen molar-refractivity contribution in [1.82, 2.24) is 0 Å². The summed E-state index contributed by atoms with van der Waals surface area (Å²) in [5.74, 6) is 0. The van der Waals surface area contributed by atoms with Gasteiger partial charge in [-0.25, -0.2) is 0 Å². The minimum absolute atomic E-state index is 0.177. The molecule has 0 atom stereocenters. The summed E-state index contributed by atoms with van der Waals surface area (Å²) < 4.78 is 15.1. The lowest BCUT2D eigenvalue weighted by atomic mass is 10.8. The normalized spacial score (nSPS) is 21.8. The van der Waals surface area contributed by atoms with Crippen molar-refractivity contribution in [3.8, 4) is 0 Å². The molecule has 1 aliphatic rings. The highest BCUT2D eigenvalue weighted by molar-refractivity contribution is 6.61. The Morgan fingerprint density at radius 1 is 1.44 bits per heavy atom. The van der Waals surface area contributed by atoms with Gasteiger partial charge in [0.05, 0.1) is 0 Å². The van der Waals surface area contributed by atoms with Gasteiger partial charge in [-0.15, -0.1) is 6.58 Å². The molecule has 0 amide bonds. The van der Waals surface area contributed by atoms with E-state index in [-0.39, 0.29) is 20.0 Å². The first-order valence-corrected chi connectivity index (χ1v) is 5.55. The van der Waals surface area contributed by atoms with Gasteiger partial charge < -0.3 is 12.3 Å². The summed E-state index contributed by atoms with van der Waals surface area (Å²) >= 11 is 0. The summed E-state index contributed by atoms with van der Waals surface area (Å²) in [5, 5.41) is 0. The highest BCUT2D eigenvalue weighted by atomic mass is 28.4. The van der Waals surface area contributed by atoms with Crippen LogP contribution >= 0.6 is 0 Å². The Bertz CT molecular complexity index is 92.3. The van der Waals surface area contributed by atoms with E-state index in [0.717, 1.165) is 6.04 Å². The van der Waals surface area contributed by atoms with E-state index in [0.29, 0.717) is 0 Å². The van der Waals surface area contributed by atoms with Gasteiger partial charge in [0.2, 0.25) is 0 Å². The second kappa shape index (κ2) is 4.14. The van der Waals surface area contributed by atoms with Crippen LogP contribution < -0.4 is 0 Å². The average Bonchev–Trinajstić information content (AvgIpc) is 1.91. The van der Waals surface area contributed by atoms with Gasteiger partial charge in [-0.05, 0) is 0 Å². The number of hydrogen-bond acceptors (Lipinski definition) is 3. The highest BCUT2D eigenvalue weighted by Gasteiger charge is 2.20. The molecule has 0 aromatic heterocycles. The van der Waals surface area contributed by atoms with E-state index in [1.165, 1.54) is 0 Å². The van der Waals surface area contributed by atoms with Crippen LogP contribution in [0.15, 0.2) is 12.7 Å². The Morgan fingerprint density at radius 2 is 2.11 bits per heavy atom. The van der Waals surface area contributed by atoms with Crippen molar-refractivity contribution in [3.05, 3.63) is 12.7 Å². The lowest BCUT2D eigenvalue weighted by Gasteiger charge is -2.16. The second-order valence-corrected chi connectivity index (χ2v) is 5.27. The first-order chi connectivity index (χ1) is 4.43. The minimum atomic E-state index is -1.02. The van der Waals surface area contributed by atoms with Gasteiger partial charge in [0.15, 0.2) is 0 Å². The van der Waals surface area contributed by atoms with Gasteiger partial charge in [0.25, 0.3) is 0 Å². The van der Waals surface area contributed by atoms with Gasteiger partial charge in [-0.1, -0.05) is 6.08 Å². The van der Waals surface area contributed by atoms with E-state index in [1.807, 2.05) is 6.08 Å². The molecule has 1 saturated heterocycles. The van der Waals surface area contributed by atoms with Crippen molar-refractivity contribution in [2.75, 3.05) is 0 Å². The van der Waals surface area contributed by atoms with Gasteiger partial charge in [0.1, 0.15) is 0 Å². The maximum Gasteiger partial charge on any atom is 0.412 e. The molecule has 0 aromatic carbocycles. The molecule has 9 heavy (non-hydrogen) atoms. The molecule has 1 fully saturated rings. The zero-order valence-electron chi connectivity index (χ0n) is 4.72. The minimum Gasteiger partial charge on any atom is -0.413 e. The Balaban J connectivity index is 2.15. The maximum atomic E-state index is 5.14. The monoisotopic (exact) mass is 173 g/mol. The summed E-state index contributed by atoms with van der Waals surface area (Å²) in [7, 11) is -0.664. The third-order valence-corrected chi connectivity index (χ3v) is 4.48. The summed E-state index contributed by atoms with van der Waals surface area (Å²) in [5.41, 5.74) is 0. The van der Waals surface area contributed by atoms with E-state index in [9.17, 15) is 0 Å². The molecule has 0 unspecified atom stereocenters. The van der Waals surface area contributed by atoms with Crippen molar-refractivity contribution in [1.29, 1.82) is 0 Å². The molecule has 0 saturated carbocycles. The van der Waals surface area contributed by atoms with E-state index in [2.05, 4.69) is 6.58 Å². The molecule has 0 spiro atoms. The fourth-order valence-electron chi connectivity index (χ4n) is 0.374. The largest absolute Gasteiger partial charge is 0.413 e. The molecule has 1 aliphatic heterocycles. The molecule has 0 bridgehead atoms. The van der Waals surface area contributed by atoms with Gasteiger partial charge in [-0.2, -0.15) is 0 Å². The Morgan fingerprint density at radius 3 is 2.67 bits per heavy atom.